The fourth-order valence-corrected chi connectivity index (χ4v) is 3.06. The van der Waals surface area contributed by atoms with Gasteiger partial charge in [-0.2, -0.15) is 0 Å². The zero-order valence-electron chi connectivity index (χ0n) is 14.0. The summed E-state index contributed by atoms with van der Waals surface area (Å²) < 4.78 is 1.71. The minimum Gasteiger partial charge on any atom is -0.394 e. The van der Waals surface area contributed by atoms with Gasteiger partial charge in [0.2, 0.25) is 12.1 Å². The van der Waals surface area contributed by atoms with Gasteiger partial charge in [-0.25, -0.2) is 4.57 Å². The average molecular weight is 336 g/mol. The van der Waals surface area contributed by atoms with Crippen molar-refractivity contribution >= 4 is 22.9 Å². The molecule has 1 atom stereocenters. The SMILES string of the molecule is CCCN1CCN(c2nc3c([nH]2)c(N)nc[n+]3C[C@@H](O)CO)CC1. The van der Waals surface area contributed by atoms with Crippen LogP contribution in [0, 0.1) is 0 Å². The summed E-state index contributed by atoms with van der Waals surface area (Å²) in [5.74, 6) is 1.15. The fourth-order valence-electron chi connectivity index (χ4n) is 3.06. The van der Waals surface area contributed by atoms with E-state index in [2.05, 4.69) is 31.7 Å². The second kappa shape index (κ2) is 7.29. The molecule has 0 aliphatic carbocycles. The Kier molecular flexibility index (Phi) is 5.12. The van der Waals surface area contributed by atoms with Crippen LogP contribution in [0.3, 0.4) is 0 Å². The molecular formula is C15H26N7O2+. The van der Waals surface area contributed by atoms with E-state index in [1.54, 1.807) is 10.9 Å². The van der Waals surface area contributed by atoms with Crippen LogP contribution in [0.4, 0.5) is 11.8 Å². The van der Waals surface area contributed by atoms with Crippen molar-refractivity contribution < 1.29 is 14.8 Å². The normalized spacial score (nSPS) is 17.5. The van der Waals surface area contributed by atoms with Crippen molar-refractivity contribution in [1.29, 1.82) is 0 Å². The first-order valence-corrected chi connectivity index (χ1v) is 8.42. The van der Waals surface area contributed by atoms with Gasteiger partial charge < -0.3 is 25.8 Å². The maximum atomic E-state index is 9.69. The van der Waals surface area contributed by atoms with E-state index in [1.165, 1.54) is 6.42 Å². The number of nitrogens with two attached hydrogens (primary N) is 1. The van der Waals surface area contributed by atoms with E-state index in [-0.39, 0.29) is 13.2 Å². The van der Waals surface area contributed by atoms with E-state index < -0.39 is 6.10 Å². The molecule has 1 fully saturated rings. The number of fused-ring (bicyclic) bond motifs is 1. The third kappa shape index (κ3) is 3.42. The van der Waals surface area contributed by atoms with E-state index >= 15 is 0 Å². The van der Waals surface area contributed by atoms with Gasteiger partial charge in [-0.05, 0) is 13.0 Å². The number of H-pyrrole nitrogens is 1. The maximum Gasteiger partial charge on any atom is 0.296 e. The number of hydrogen-bond acceptors (Lipinski definition) is 7. The molecule has 24 heavy (non-hydrogen) atoms. The number of aliphatic hydroxyl groups excluding tert-OH is 2. The number of piperazine rings is 1. The zero-order chi connectivity index (χ0) is 17.1. The average Bonchev–Trinajstić information content (AvgIpc) is 3.05. The van der Waals surface area contributed by atoms with E-state index in [0.29, 0.717) is 17.0 Å². The molecule has 5 N–H and O–H groups in total. The highest BCUT2D eigenvalue weighted by molar-refractivity contribution is 5.80. The van der Waals surface area contributed by atoms with E-state index in [9.17, 15) is 5.11 Å². The van der Waals surface area contributed by atoms with Gasteiger partial charge in [0.1, 0.15) is 6.10 Å². The van der Waals surface area contributed by atoms with Crippen molar-refractivity contribution in [1.82, 2.24) is 19.9 Å². The molecular weight excluding hydrogens is 310 g/mol. The lowest BCUT2D eigenvalue weighted by Crippen LogP contribution is -2.47. The first kappa shape index (κ1) is 16.9. The van der Waals surface area contributed by atoms with E-state index in [0.717, 1.165) is 38.7 Å². The van der Waals surface area contributed by atoms with Crippen molar-refractivity contribution in [3.05, 3.63) is 6.33 Å². The summed E-state index contributed by atoms with van der Waals surface area (Å²) in [6.45, 7) is 7.08. The second-order valence-corrected chi connectivity index (χ2v) is 6.21. The van der Waals surface area contributed by atoms with Crippen LogP contribution in [0.25, 0.3) is 11.2 Å². The van der Waals surface area contributed by atoms with E-state index in [1.807, 2.05) is 0 Å². The van der Waals surface area contributed by atoms with E-state index in [4.69, 9.17) is 10.8 Å². The molecule has 1 aliphatic rings. The van der Waals surface area contributed by atoms with Crippen LogP contribution in [-0.2, 0) is 6.54 Å². The molecule has 0 spiro atoms. The highest BCUT2D eigenvalue weighted by Gasteiger charge is 2.25. The molecule has 1 aliphatic heterocycles. The van der Waals surface area contributed by atoms with Gasteiger partial charge in [-0.1, -0.05) is 16.9 Å². The van der Waals surface area contributed by atoms with Crippen molar-refractivity contribution in [2.24, 2.45) is 0 Å². The lowest BCUT2D eigenvalue weighted by atomic mass is 10.3. The molecule has 0 amide bonds. The Bertz CT molecular complexity index is 682. The van der Waals surface area contributed by atoms with Gasteiger partial charge in [-0.3, -0.25) is 4.90 Å². The molecule has 0 radical (unpaired) electrons. The van der Waals surface area contributed by atoms with Crippen molar-refractivity contribution in [2.75, 3.05) is 50.0 Å². The summed E-state index contributed by atoms with van der Waals surface area (Å²) in [4.78, 5) is 16.7. The Hall–Kier alpha value is -1.97. The summed E-state index contributed by atoms with van der Waals surface area (Å²) in [7, 11) is 0. The van der Waals surface area contributed by atoms with Crippen molar-refractivity contribution in [3.63, 3.8) is 0 Å². The summed E-state index contributed by atoms with van der Waals surface area (Å²) in [5.41, 5.74) is 7.26. The van der Waals surface area contributed by atoms with Crippen LogP contribution in [0.15, 0.2) is 6.33 Å². The number of rotatable bonds is 6. The summed E-state index contributed by atoms with van der Waals surface area (Å²) in [6.07, 6.45) is 1.85. The zero-order valence-corrected chi connectivity index (χ0v) is 14.0. The topological polar surface area (TPSA) is 118 Å². The van der Waals surface area contributed by atoms with Crippen LogP contribution in [-0.4, -0.2) is 75.5 Å². The molecule has 9 nitrogen and oxygen atoms in total. The molecule has 3 heterocycles. The number of nitrogens with zero attached hydrogens (tertiary/aromatic N) is 5. The minimum atomic E-state index is -0.860. The summed E-state index contributed by atoms with van der Waals surface area (Å²) >= 11 is 0. The molecule has 0 saturated carbocycles. The molecule has 0 aromatic carbocycles. The van der Waals surface area contributed by atoms with Gasteiger partial charge in [0.25, 0.3) is 11.6 Å². The number of aromatic amines is 1. The lowest BCUT2D eigenvalue weighted by Gasteiger charge is -2.33. The molecule has 1 saturated heterocycles. The lowest BCUT2D eigenvalue weighted by molar-refractivity contribution is -0.683. The minimum absolute atomic E-state index is 0.217. The summed E-state index contributed by atoms with van der Waals surface area (Å²) in [5, 5.41) is 18.7. The Morgan fingerprint density at radius 2 is 2.12 bits per heavy atom. The number of imidazole rings is 1. The molecule has 2 aromatic heterocycles. The number of anilines is 2. The molecule has 2 aromatic rings. The van der Waals surface area contributed by atoms with Gasteiger partial charge in [0.05, 0.1) is 13.2 Å². The van der Waals surface area contributed by atoms with Gasteiger partial charge in [-0.15, -0.1) is 0 Å². The first-order chi connectivity index (χ1) is 11.6. The molecule has 132 valence electrons. The van der Waals surface area contributed by atoms with Crippen LogP contribution >= 0.6 is 0 Å². The number of aliphatic hydroxyl groups is 2. The van der Waals surface area contributed by atoms with Crippen molar-refractivity contribution in [2.45, 2.75) is 26.0 Å². The van der Waals surface area contributed by atoms with Gasteiger partial charge in [0, 0.05) is 26.2 Å². The number of aromatic nitrogens is 4. The Morgan fingerprint density at radius 1 is 1.38 bits per heavy atom. The smallest absolute Gasteiger partial charge is 0.296 e. The third-order valence-electron chi connectivity index (χ3n) is 4.37. The quantitative estimate of drug-likeness (QED) is 0.485. The third-order valence-corrected chi connectivity index (χ3v) is 4.37. The maximum absolute atomic E-state index is 9.69. The summed E-state index contributed by atoms with van der Waals surface area (Å²) in [6, 6.07) is 0. The number of nitrogens with one attached hydrogen (secondary N) is 1. The monoisotopic (exact) mass is 336 g/mol. The molecule has 0 unspecified atom stereocenters. The van der Waals surface area contributed by atoms with Crippen LogP contribution in [0.1, 0.15) is 13.3 Å². The second-order valence-electron chi connectivity index (χ2n) is 6.21. The van der Waals surface area contributed by atoms with Gasteiger partial charge >= 0.3 is 0 Å². The molecule has 9 heteroatoms. The number of nitrogen functional groups attached to an aromatic ring is 1. The molecule has 0 bridgehead atoms. The first-order valence-electron chi connectivity index (χ1n) is 8.42. The molecule has 3 rings (SSSR count). The Balaban J connectivity index is 1.83. The Morgan fingerprint density at radius 3 is 2.79 bits per heavy atom. The Labute approximate surface area is 140 Å². The van der Waals surface area contributed by atoms with Crippen molar-refractivity contribution in [3.8, 4) is 0 Å². The highest BCUT2D eigenvalue weighted by atomic mass is 16.3. The largest absolute Gasteiger partial charge is 0.394 e. The predicted octanol–water partition coefficient (Wildman–Crippen LogP) is -1.29. The standard InChI is InChI=1S/C15H25N7O2/c1-2-3-20-4-6-21(7-5-20)15-18-12-13(16)17-10-22(14(12)19-15)8-11(24)9-23/h10-11,23-24H,2-9H2,1H3,(H2,16,18,19)/p+1/t11-/m1/s1. The fraction of sp³-hybridized carbons (Fsp3) is 0.667. The van der Waals surface area contributed by atoms with Crippen LogP contribution in [0.2, 0.25) is 0 Å². The van der Waals surface area contributed by atoms with Crippen LogP contribution < -0.4 is 15.2 Å². The van der Waals surface area contributed by atoms with Gasteiger partial charge in [0.15, 0.2) is 5.52 Å². The van der Waals surface area contributed by atoms with Crippen LogP contribution in [0.5, 0.6) is 0 Å². The number of hydrogen-bond donors (Lipinski definition) is 4. The predicted molar refractivity (Wildman–Crippen MR) is 90.5 cm³/mol. The highest BCUT2D eigenvalue weighted by Crippen LogP contribution is 2.19.